The van der Waals surface area contributed by atoms with Gasteiger partial charge in [0, 0.05) is 12.3 Å². The number of nitrogens with zero attached hydrogens (tertiary/aromatic N) is 2. The highest BCUT2D eigenvalue weighted by Gasteiger charge is 2.23. The Morgan fingerprint density at radius 1 is 1.67 bits per heavy atom. The van der Waals surface area contributed by atoms with E-state index in [0.717, 1.165) is 0 Å². The van der Waals surface area contributed by atoms with Crippen molar-refractivity contribution < 1.29 is 9.53 Å². The lowest BCUT2D eigenvalue weighted by Crippen LogP contribution is -2.24. The van der Waals surface area contributed by atoms with Crippen molar-refractivity contribution in [2.24, 2.45) is 0 Å². The summed E-state index contributed by atoms with van der Waals surface area (Å²) in [5, 5.41) is 0. The molecule has 0 aliphatic carbocycles. The van der Waals surface area contributed by atoms with Crippen molar-refractivity contribution in [3.63, 3.8) is 0 Å². The van der Waals surface area contributed by atoms with Crippen molar-refractivity contribution in [1.82, 2.24) is 4.98 Å². The van der Waals surface area contributed by atoms with Crippen molar-refractivity contribution in [2.45, 2.75) is 0 Å². The Kier molecular flexibility index (Phi) is 1.66. The molecule has 0 aromatic carbocycles. The maximum absolute atomic E-state index is 11.0. The zero-order chi connectivity index (χ0) is 8.39. The van der Waals surface area contributed by atoms with Crippen molar-refractivity contribution in [3.8, 4) is 0 Å². The molecule has 0 spiro atoms. The normalized spacial score (nSPS) is 16.3. The summed E-state index contributed by atoms with van der Waals surface area (Å²) in [4.78, 5) is 16.5. The summed E-state index contributed by atoms with van der Waals surface area (Å²) in [5.41, 5.74) is 0. The van der Waals surface area contributed by atoms with Crippen LogP contribution in [-0.2, 0) is 4.74 Å². The molecular formula is C8H7N2O2. The lowest BCUT2D eigenvalue weighted by molar-refractivity contribution is 0.181. The third kappa shape index (κ3) is 1.11. The summed E-state index contributed by atoms with van der Waals surface area (Å²) in [6, 6.07) is 6.23. The number of hydrogen-bond donors (Lipinski definition) is 0. The lowest BCUT2D eigenvalue weighted by Gasteiger charge is -2.09. The van der Waals surface area contributed by atoms with Gasteiger partial charge in [-0.05, 0) is 12.1 Å². The second-order valence-electron chi connectivity index (χ2n) is 2.38. The molecule has 1 saturated heterocycles. The van der Waals surface area contributed by atoms with E-state index in [2.05, 4.69) is 11.1 Å². The number of anilines is 1. The molecule has 1 fully saturated rings. The van der Waals surface area contributed by atoms with Gasteiger partial charge in [-0.2, -0.15) is 0 Å². The van der Waals surface area contributed by atoms with Crippen LogP contribution in [0.4, 0.5) is 10.6 Å². The van der Waals surface area contributed by atoms with Gasteiger partial charge >= 0.3 is 6.09 Å². The minimum absolute atomic E-state index is 0.325. The molecule has 0 unspecified atom stereocenters. The molecule has 1 aliphatic rings. The Morgan fingerprint density at radius 3 is 3.17 bits per heavy atom. The second-order valence-corrected chi connectivity index (χ2v) is 2.38. The molecule has 2 heterocycles. The summed E-state index contributed by atoms with van der Waals surface area (Å²) in [6.07, 6.45) is 1.20. The Morgan fingerprint density at radius 2 is 2.58 bits per heavy atom. The molecule has 0 saturated carbocycles. The largest absolute Gasteiger partial charge is 0.447 e. The Labute approximate surface area is 69.8 Å². The number of carbonyl (C=O) groups is 1. The molecule has 61 valence electrons. The van der Waals surface area contributed by atoms with Crippen LogP contribution in [0.1, 0.15) is 0 Å². The van der Waals surface area contributed by atoms with Gasteiger partial charge in [0.15, 0.2) is 0 Å². The van der Waals surface area contributed by atoms with Crippen LogP contribution in [0, 0.1) is 6.07 Å². The van der Waals surface area contributed by atoms with Crippen molar-refractivity contribution in [2.75, 3.05) is 18.1 Å². The van der Waals surface area contributed by atoms with Crippen LogP contribution >= 0.6 is 0 Å². The molecule has 1 aromatic heterocycles. The average Bonchev–Trinajstić information content (AvgIpc) is 2.53. The molecule has 4 heteroatoms. The highest BCUT2D eigenvalue weighted by molar-refractivity contribution is 5.87. The third-order valence-corrected chi connectivity index (χ3v) is 1.64. The van der Waals surface area contributed by atoms with E-state index >= 15 is 0 Å². The number of hydrogen-bond acceptors (Lipinski definition) is 3. The first-order valence-corrected chi connectivity index (χ1v) is 3.64. The SMILES string of the molecule is O=C1OCCN1c1cc[c]cn1. The van der Waals surface area contributed by atoms with E-state index in [1.807, 2.05) is 0 Å². The average molecular weight is 163 g/mol. The number of pyridine rings is 1. The van der Waals surface area contributed by atoms with Gasteiger partial charge < -0.3 is 4.74 Å². The molecule has 1 radical (unpaired) electrons. The number of ether oxygens (including phenoxy) is 1. The van der Waals surface area contributed by atoms with E-state index in [4.69, 9.17) is 4.74 Å². The third-order valence-electron chi connectivity index (χ3n) is 1.64. The van der Waals surface area contributed by atoms with Gasteiger partial charge in [0.25, 0.3) is 0 Å². The van der Waals surface area contributed by atoms with E-state index in [1.165, 1.54) is 11.1 Å². The zero-order valence-corrected chi connectivity index (χ0v) is 6.36. The first kappa shape index (κ1) is 7.09. The summed E-state index contributed by atoms with van der Waals surface area (Å²) in [5.74, 6) is 0.622. The Balaban J connectivity index is 2.25. The van der Waals surface area contributed by atoms with Gasteiger partial charge in [0.1, 0.15) is 12.4 Å². The van der Waals surface area contributed by atoms with E-state index in [0.29, 0.717) is 19.0 Å². The Hall–Kier alpha value is -1.58. The maximum Gasteiger partial charge on any atom is 0.415 e. The highest BCUT2D eigenvalue weighted by atomic mass is 16.6. The van der Waals surface area contributed by atoms with Gasteiger partial charge in [0.2, 0.25) is 0 Å². The summed E-state index contributed by atoms with van der Waals surface area (Å²) in [6.45, 7) is 1.02. The maximum atomic E-state index is 11.0. The molecule has 1 aliphatic heterocycles. The van der Waals surface area contributed by atoms with E-state index in [9.17, 15) is 4.79 Å². The van der Waals surface area contributed by atoms with Crippen LogP contribution in [0.15, 0.2) is 18.3 Å². The zero-order valence-electron chi connectivity index (χ0n) is 6.36. The number of aromatic nitrogens is 1. The quantitative estimate of drug-likeness (QED) is 0.616. The van der Waals surface area contributed by atoms with E-state index < -0.39 is 0 Å². The summed E-state index contributed by atoms with van der Waals surface area (Å²) >= 11 is 0. The van der Waals surface area contributed by atoms with E-state index in [1.54, 1.807) is 12.1 Å². The summed E-state index contributed by atoms with van der Waals surface area (Å²) < 4.78 is 4.76. The molecule has 0 bridgehead atoms. The first-order valence-electron chi connectivity index (χ1n) is 3.64. The Bertz CT molecular complexity index is 286. The van der Waals surface area contributed by atoms with Crippen LogP contribution in [0.2, 0.25) is 0 Å². The van der Waals surface area contributed by atoms with Crippen molar-refractivity contribution in [3.05, 3.63) is 24.4 Å². The number of amides is 1. The standard InChI is InChI=1S/C8H7N2O2/c11-8-10(5-6-12-8)7-3-1-2-4-9-7/h1,3-4H,5-6H2. The van der Waals surface area contributed by atoms with Crippen LogP contribution in [0.3, 0.4) is 0 Å². The van der Waals surface area contributed by atoms with Crippen LogP contribution in [0.5, 0.6) is 0 Å². The van der Waals surface area contributed by atoms with Gasteiger partial charge in [0.05, 0.1) is 6.54 Å². The topological polar surface area (TPSA) is 42.4 Å². The minimum atomic E-state index is -0.325. The van der Waals surface area contributed by atoms with Gasteiger partial charge in [-0.25, -0.2) is 9.78 Å². The van der Waals surface area contributed by atoms with Crippen molar-refractivity contribution >= 4 is 11.9 Å². The number of carbonyl (C=O) groups excluding carboxylic acids is 1. The molecular weight excluding hydrogens is 156 g/mol. The van der Waals surface area contributed by atoms with Crippen LogP contribution in [-0.4, -0.2) is 24.2 Å². The molecule has 12 heavy (non-hydrogen) atoms. The number of cyclic esters (lactones) is 1. The fourth-order valence-corrected chi connectivity index (χ4v) is 1.07. The predicted octanol–water partition coefficient (Wildman–Crippen LogP) is 0.838. The van der Waals surface area contributed by atoms with Crippen LogP contribution < -0.4 is 4.90 Å². The van der Waals surface area contributed by atoms with Crippen molar-refractivity contribution in [1.29, 1.82) is 0 Å². The second kappa shape index (κ2) is 2.81. The molecule has 1 amide bonds. The fraction of sp³-hybridized carbons (Fsp3) is 0.250. The fourth-order valence-electron chi connectivity index (χ4n) is 1.07. The minimum Gasteiger partial charge on any atom is -0.447 e. The van der Waals surface area contributed by atoms with Crippen LogP contribution in [0.25, 0.3) is 0 Å². The lowest BCUT2D eigenvalue weighted by atomic mass is 10.4. The predicted molar refractivity (Wildman–Crippen MR) is 41.8 cm³/mol. The van der Waals surface area contributed by atoms with Gasteiger partial charge in [-0.3, -0.25) is 4.90 Å². The van der Waals surface area contributed by atoms with Gasteiger partial charge in [-0.1, -0.05) is 0 Å². The molecule has 0 N–H and O–H groups in total. The molecule has 2 rings (SSSR count). The highest BCUT2D eigenvalue weighted by Crippen LogP contribution is 2.13. The first-order chi connectivity index (χ1) is 5.88. The molecule has 0 atom stereocenters. The van der Waals surface area contributed by atoms with Gasteiger partial charge in [-0.15, -0.1) is 0 Å². The van der Waals surface area contributed by atoms with E-state index in [-0.39, 0.29) is 6.09 Å². The number of rotatable bonds is 1. The monoisotopic (exact) mass is 163 g/mol. The molecule has 4 nitrogen and oxygen atoms in total. The summed E-state index contributed by atoms with van der Waals surface area (Å²) in [7, 11) is 0. The smallest absolute Gasteiger partial charge is 0.415 e. The molecule has 1 aromatic rings.